The summed E-state index contributed by atoms with van der Waals surface area (Å²) in [6.07, 6.45) is -0.254. The lowest BCUT2D eigenvalue weighted by Gasteiger charge is -2.09. The van der Waals surface area contributed by atoms with Crippen LogP contribution in [0.25, 0.3) is 0 Å². The van der Waals surface area contributed by atoms with E-state index in [1.165, 1.54) is 0 Å². The molecule has 15 heavy (non-hydrogen) atoms. The number of nitriles is 1. The number of hydrogen-bond acceptors (Lipinski definition) is 3. The van der Waals surface area contributed by atoms with E-state index in [1.807, 2.05) is 12.1 Å². The summed E-state index contributed by atoms with van der Waals surface area (Å²) in [5, 5.41) is 17.6. The Labute approximate surface area is 93.9 Å². The van der Waals surface area contributed by atoms with Crippen molar-refractivity contribution in [2.24, 2.45) is 0 Å². The van der Waals surface area contributed by atoms with Gasteiger partial charge in [0.05, 0.1) is 18.4 Å². The number of hydrogen-bond donors (Lipinski definition) is 1. The minimum atomic E-state index is -0.648. The average molecular weight is 226 g/mol. The van der Waals surface area contributed by atoms with Crippen LogP contribution in [0.2, 0.25) is 0 Å². The molecule has 0 unspecified atom stereocenters. The Kier molecular flexibility index (Phi) is 4.96. The predicted octanol–water partition coefficient (Wildman–Crippen LogP) is 1.73. The summed E-state index contributed by atoms with van der Waals surface area (Å²) < 4.78 is 5.27. The van der Waals surface area contributed by atoms with Gasteiger partial charge in [0.25, 0.3) is 0 Å². The number of ether oxygens (including phenoxy) is 1. The van der Waals surface area contributed by atoms with Crippen molar-refractivity contribution < 1.29 is 9.84 Å². The quantitative estimate of drug-likeness (QED) is 0.777. The van der Waals surface area contributed by atoms with E-state index in [2.05, 4.69) is 6.07 Å². The van der Waals surface area contributed by atoms with Gasteiger partial charge in [-0.05, 0) is 17.7 Å². The number of halogens is 1. The van der Waals surface area contributed by atoms with Gasteiger partial charge in [-0.15, -0.1) is 11.6 Å². The van der Waals surface area contributed by atoms with Gasteiger partial charge in [0, 0.05) is 0 Å². The van der Waals surface area contributed by atoms with Gasteiger partial charge in [0.15, 0.2) is 0 Å². The summed E-state index contributed by atoms with van der Waals surface area (Å²) >= 11 is 5.42. The van der Waals surface area contributed by atoms with Gasteiger partial charge in [-0.1, -0.05) is 12.1 Å². The van der Waals surface area contributed by atoms with Gasteiger partial charge in [0.2, 0.25) is 0 Å². The Morgan fingerprint density at radius 1 is 1.40 bits per heavy atom. The van der Waals surface area contributed by atoms with E-state index in [9.17, 15) is 0 Å². The van der Waals surface area contributed by atoms with Crippen molar-refractivity contribution in [1.29, 1.82) is 5.26 Å². The topological polar surface area (TPSA) is 53.2 Å². The molecule has 0 saturated heterocycles. The number of aliphatic hydroxyl groups is 1. The second kappa shape index (κ2) is 6.28. The number of rotatable bonds is 5. The van der Waals surface area contributed by atoms with E-state index in [4.69, 9.17) is 26.7 Å². The Bertz CT molecular complexity index is 331. The van der Waals surface area contributed by atoms with Crippen LogP contribution in [0.4, 0.5) is 0 Å². The highest BCUT2D eigenvalue weighted by Gasteiger charge is 2.02. The molecule has 0 saturated carbocycles. The van der Waals surface area contributed by atoms with E-state index in [1.54, 1.807) is 12.1 Å². The lowest BCUT2D eigenvalue weighted by molar-refractivity contribution is 0.125. The lowest BCUT2D eigenvalue weighted by atomic mass is 10.2. The summed E-state index contributed by atoms with van der Waals surface area (Å²) in [5.41, 5.74) is 0.947. The zero-order valence-electron chi connectivity index (χ0n) is 8.19. The second-order valence-corrected chi connectivity index (χ2v) is 3.41. The maximum Gasteiger partial charge on any atom is 0.119 e. The van der Waals surface area contributed by atoms with E-state index in [-0.39, 0.29) is 12.5 Å². The fourth-order valence-electron chi connectivity index (χ4n) is 1.03. The third kappa shape index (κ3) is 4.20. The molecular weight excluding hydrogens is 214 g/mol. The number of alkyl halides is 1. The molecule has 1 atom stereocenters. The summed E-state index contributed by atoms with van der Waals surface area (Å²) in [4.78, 5) is 0. The molecule has 1 rings (SSSR count). The van der Waals surface area contributed by atoms with Gasteiger partial charge >= 0.3 is 0 Å². The fourth-order valence-corrected chi connectivity index (χ4v) is 1.12. The molecule has 0 radical (unpaired) electrons. The molecule has 1 aromatic rings. The van der Waals surface area contributed by atoms with Gasteiger partial charge in [-0.2, -0.15) is 5.26 Å². The van der Waals surface area contributed by atoms with E-state index >= 15 is 0 Å². The molecule has 0 aromatic heterocycles. The van der Waals surface area contributed by atoms with Crippen molar-refractivity contribution in [3.63, 3.8) is 0 Å². The largest absolute Gasteiger partial charge is 0.491 e. The van der Waals surface area contributed by atoms with Crippen LogP contribution in [-0.4, -0.2) is 23.7 Å². The van der Waals surface area contributed by atoms with Crippen LogP contribution in [0.1, 0.15) is 5.56 Å². The molecule has 1 N–H and O–H groups in total. The van der Waals surface area contributed by atoms with Crippen LogP contribution in [0.3, 0.4) is 0 Å². The normalized spacial score (nSPS) is 11.8. The van der Waals surface area contributed by atoms with Crippen molar-refractivity contribution in [3.05, 3.63) is 29.8 Å². The minimum Gasteiger partial charge on any atom is -0.491 e. The maximum absolute atomic E-state index is 9.16. The van der Waals surface area contributed by atoms with Crippen molar-refractivity contribution >= 4 is 11.6 Å². The molecule has 80 valence electrons. The molecule has 0 aliphatic rings. The molecule has 3 nitrogen and oxygen atoms in total. The molecule has 4 heteroatoms. The third-order valence-electron chi connectivity index (χ3n) is 1.83. The van der Waals surface area contributed by atoms with E-state index < -0.39 is 6.10 Å². The second-order valence-electron chi connectivity index (χ2n) is 3.10. The van der Waals surface area contributed by atoms with Crippen molar-refractivity contribution in [2.75, 3.05) is 12.5 Å². The van der Waals surface area contributed by atoms with Gasteiger partial charge in [0.1, 0.15) is 18.5 Å². The molecular formula is C11H12ClNO2. The number of aliphatic hydroxyl groups excluding tert-OH is 1. The molecule has 0 heterocycles. The Hall–Kier alpha value is -1.24. The van der Waals surface area contributed by atoms with Gasteiger partial charge in [-0.3, -0.25) is 0 Å². The summed E-state index contributed by atoms with van der Waals surface area (Å²) in [6.45, 7) is 0.182. The highest BCUT2D eigenvalue weighted by molar-refractivity contribution is 6.18. The Morgan fingerprint density at radius 2 is 2.07 bits per heavy atom. The van der Waals surface area contributed by atoms with Crippen LogP contribution < -0.4 is 4.74 Å². The first-order valence-electron chi connectivity index (χ1n) is 4.59. The van der Waals surface area contributed by atoms with E-state index in [0.29, 0.717) is 12.2 Å². The number of nitrogens with zero attached hydrogens (tertiary/aromatic N) is 1. The third-order valence-corrected chi connectivity index (χ3v) is 2.18. The SMILES string of the molecule is N#CCc1ccc(OC[C@@H](O)CCl)cc1. The maximum atomic E-state index is 9.16. The molecule has 0 bridgehead atoms. The van der Waals surface area contributed by atoms with Crippen LogP contribution in [-0.2, 0) is 6.42 Å². The monoisotopic (exact) mass is 225 g/mol. The first kappa shape index (κ1) is 11.8. The first-order valence-corrected chi connectivity index (χ1v) is 5.12. The zero-order chi connectivity index (χ0) is 11.1. The highest BCUT2D eigenvalue weighted by Crippen LogP contribution is 2.12. The van der Waals surface area contributed by atoms with Crippen molar-refractivity contribution in [3.8, 4) is 11.8 Å². The molecule has 0 spiro atoms. The van der Waals surface area contributed by atoms with Gasteiger partial charge < -0.3 is 9.84 Å². The van der Waals surface area contributed by atoms with Crippen LogP contribution in [0, 0.1) is 11.3 Å². The van der Waals surface area contributed by atoms with Crippen LogP contribution >= 0.6 is 11.6 Å². The molecule has 0 fully saturated rings. The molecule has 1 aromatic carbocycles. The van der Waals surface area contributed by atoms with E-state index in [0.717, 1.165) is 5.56 Å². The standard InChI is InChI=1S/C11H12ClNO2/c12-7-10(14)8-15-11-3-1-9(2-4-11)5-6-13/h1-4,10,14H,5,7-8H2/t10-/m0/s1. The smallest absolute Gasteiger partial charge is 0.119 e. The van der Waals surface area contributed by atoms with Crippen LogP contribution in [0.15, 0.2) is 24.3 Å². The lowest BCUT2D eigenvalue weighted by Crippen LogP contribution is -2.18. The highest BCUT2D eigenvalue weighted by atomic mass is 35.5. The first-order chi connectivity index (χ1) is 7.26. The van der Waals surface area contributed by atoms with Crippen molar-refractivity contribution in [2.45, 2.75) is 12.5 Å². The summed E-state index contributed by atoms with van der Waals surface area (Å²) in [7, 11) is 0. The molecule has 0 aliphatic carbocycles. The summed E-state index contributed by atoms with van der Waals surface area (Å²) in [5.74, 6) is 0.827. The summed E-state index contributed by atoms with van der Waals surface area (Å²) in [6, 6.07) is 9.26. The molecule has 0 amide bonds. The minimum absolute atomic E-state index is 0.159. The van der Waals surface area contributed by atoms with Gasteiger partial charge in [-0.25, -0.2) is 0 Å². The Morgan fingerprint density at radius 3 is 2.60 bits per heavy atom. The average Bonchev–Trinajstić information content (AvgIpc) is 2.28. The van der Waals surface area contributed by atoms with Crippen LogP contribution in [0.5, 0.6) is 5.75 Å². The zero-order valence-corrected chi connectivity index (χ0v) is 8.94. The van der Waals surface area contributed by atoms with Crippen molar-refractivity contribution in [1.82, 2.24) is 0 Å². The fraction of sp³-hybridized carbons (Fsp3) is 0.364. The number of benzene rings is 1. The Balaban J connectivity index is 2.46. The molecule has 0 aliphatic heterocycles. The predicted molar refractivity (Wildman–Crippen MR) is 58.0 cm³/mol.